The van der Waals surface area contributed by atoms with Gasteiger partial charge in [-0.05, 0) is 55.6 Å². The van der Waals surface area contributed by atoms with Crippen LogP contribution in [0.15, 0.2) is 54.6 Å². The molecule has 0 spiro atoms. The highest BCUT2D eigenvalue weighted by atomic mass is 19.4. The smallest absolute Gasteiger partial charge is 0.314 e. The number of halogens is 3. The number of aromatic nitrogens is 3. The highest BCUT2D eigenvalue weighted by Gasteiger charge is 2.52. The third-order valence-corrected chi connectivity index (χ3v) is 7.46. The topological polar surface area (TPSA) is 30.7 Å². The standard InChI is InChI=1S/C24H24F3N3/c1-30-20(18-9-5-6-10-19(18)24(25,26)27)28-29-21(30)23-14-11-22(12-15-23,13-16-23)17-7-3-2-4-8-17/h2-10H,11-16H2,1H3. The molecule has 0 saturated heterocycles. The fourth-order valence-electron chi connectivity index (χ4n) is 5.70. The van der Waals surface area contributed by atoms with Crippen LogP contribution in [0.1, 0.15) is 55.5 Å². The number of hydrogen-bond acceptors (Lipinski definition) is 2. The van der Waals surface area contributed by atoms with Gasteiger partial charge in [0.05, 0.1) is 5.56 Å². The van der Waals surface area contributed by atoms with Gasteiger partial charge >= 0.3 is 6.18 Å². The summed E-state index contributed by atoms with van der Waals surface area (Å²) in [6.45, 7) is 0. The van der Waals surface area contributed by atoms with Gasteiger partial charge < -0.3 is 4.57 Å². The van der Waals surface area contributed by atoms with Crippen molar-refractivity contribution in [1.29, 1.82) is 0 Å². The number of hydrogen-bond donors (Lipinski definition) is 0. The van der Waals surface area contributed by atoms with E-state index < -0.39 is 11.7 Å². The predicted molar refractivity (Wildman–Crippen MR) is 109 cm³/mol. The second kappa shape index (κ2) is 6.69. The Morgan fingerprint density at radius 2 is 1.33 bits per heavy atom. The molecule has 3 aromatic rings. The van der Waals surface area contributed by atoms with Crippen molar-refractivity contribution in [3.8, 4) is 11.4 Å². The first-order chi connectivity index (χ1) is 14.3. The number of fused-ring (bicyclic) bond motifs is 3. The summed E-state index contributed by atoms with van der Waals surface area (Å²) in [5.41, 5.74) is 0.973. The molecule has 3 fully saturated rings. The van der Waals surface area contributed by atoms with Crippen molar-refractivity contribution in [3.63, 3.8) is 0 Å². The first kappa shape index (κ1) is 19.3. The lowest BCUT2D eigenvalue weighted by Gasteiger charge is -2.53. The van der Waals surface area contributed by atoms with Gasteiger partial charge in [-0.2, -0.15) is 13.2 Å². The Kier molecular flexibility index (Phi) is 4.31. The molecule has 3 saturated carbocycles. The second-order valence-corrected chi connectivity index (χ2v) is 8.88. The number of alkyl halides is 3. The molecule has 30 heavy (non-hydrogen) atoms. The van der Waals surface area contributed by atoms with E-state index in [0.29, 0.717) is 0 Å². The van der Waals surface area contributed by atoms with Crippen molar-refractivity contribution >= 4 is 0 Å². The van der Waals surface area contributed by atoms with Crippen LogP contribution in [0.25, 0.3) is 11.4 Å². The Morgan fingerprint density at radius 3 is 1.97 bits per heavy atom. The monoisotopic (exact) mass is 411 g/mol. The number of nitrogens with zero attached hydrogens (tertiary/aromatic N) is 3. The van der Waals surface area contributed by atoms with Crippen LogP contribution < -0.4 is 0 Å². The van der Waals surface area contributed by atoms with E-state index in [4.69, 9.17) is 0 Å². The Hall–Kier alpha value is -2.63. The van der Waals surface area contributed by atoms with Crippen LogP contribution in [-0.4, -0.2) is 14.8 Å². The molecule has 6 rings (SSSR count). The lowest BCUT2D eigenvalue weighted by molar-refractivity contribution is -0.137. The van der Waals surface area contributed by atoms with Crippen molar-refractivity contribution < 1.29 is 13.2 Å². The fraction of sp³-hybridized carbons (Fsp3) is 0.417. The molecule has 2 bridgehead atoms. The van der Waals surface area contributed by atoms with Gasteiger partial charge in [-0.3, -0.25) is 0 Å². The molecule has 3 nitrogen and oxygen atoms in total. The highest BCUT2D eigenvalue weighted by Crippen LogP contribution is 2.58. The van der Waals surface area contributed by atoms with Crippen LogP contribution in [-0.2, 0) is 24.1 Å². The van der Waals surface area contributed by atoms with Gasteiger partial charge in [-0.15, -0.1) is 10.2 Å². The maximum absolute atomic E-state index is 13.5. The minimum Gasteiger partial charge on any atom is -0.314 e. The maximum atomic E-state index is 13.5. The van der Waals surface area contributed by atoms with E-state index in [2.05, 4.69) is 40.5 Å². The molecule has 0 atom stereocenters. The molecule has 1 heterocycles. The molecule has 0 N–H and O–H groups in total. The van der Waals surface area contributed by atoms with Gasteiger partial charge in [0.15, 0.2) is 5.82 Å². The van der Waals surface area contributed by atoms with Crippen molar-refractivity contribution in [2.24, 2.45) is 7.05 Å². The van der Waals surface area contributed by atoms with E-state index in [-0.39, 0.29) is 22.2 Å². The third kappa shape index (κ3) is 2.88. The molecular weight excluding hydrogens is 387 g/mol. The zero-order chi connectivity index (χ0) is 21.0. The van der Waals surface area contributed by atoms with Gasteiger partial charge in [0.1, 0.15) is 5.82 Å². The summed E-state index contributed by atoms with van der Waals surface area (Å²) in [4.78, 5) is 0. The average Bonchev–Trinajstić information content (AvgIpc) is 3.17. The zero-order valence-corrected chi connectivity index (χ0v) is 16.9. The second-order valence-electron chi connectivity index (χ2n) is 8.88. The Labute approximate surface area is 174 Å². The van der Waals surface area contributed by atoms with Crippen molar-refractivity contribution in [3.05, 3.63) is 71.5 Å². The lowest BCUT2D eigenvalue weighted by atomic mass is 9.51. The molecule has 0 amide bonds. The van der Waals surface area contributed by atoms with E-state index in [1.54, 1.807) is 17.7 Å². The summed E-state index contributed by atoms with van der Waals surface area (Å²) in [7, 11) is 1.81. The normalized spacial score (nSPS) is 26.1. The molecule has 3 aliphatic carbocycles. The van der Waals surface area contributed by atoms with Crippen LogP contribution in [0, 0.1) is 0 Å². The minimum absolute atomic E-state index is 0.0906. The van der Waals surface area contributed by atoms with Crippen LogP contribution in [0.2, 0.25) is 0 Å². The van der Waals surface area contributed by atoms with Crippen LogP contribution >= 0.6 is 0 Å². The van der Waals surface area contributed by atoms with Crippen LogP contribution in [0.3, 0.4) is 0 Å². The quantitative estimate of drug-likeness (QED) is 0.526. The van der Waals surface area contributed by atoms with Gasteiger partial charge in [0.25, 0.3) is 0 Å². The number of benzene rings is 2. The summed E-state index contributed by atoms with van der Waals surface area (Å²) < 4.78 is 42.4. The summed E-state index contributed by atoms with van der Waals surface area (Å²) in [5, 5.41) is 8.68. The lowest BCUT2D eigenvalue weighted by Crippen LogP contribution is -2.47. The Balaban J connectivity index is 1.48. The van der Waals surface area contributed by atoms with Gasteiger partial charge in [0, 0.05) is 18.0 Å². The molecule has 2 aromatic carbocycles. The first-order valence-corrected chi connectivity index (χ1v) is 10.5. The predicted octanol–water partition coefficient (Wildman–Crippen LogP) is 6.04. The molecule has 1 aromatic heterocycles. The van der Waals surface area contributed by atoms with E-state index in [1.807, 2.05) is 0 Å². The average molecular weight is 411 g/mol. The molecule has 6 heteroatoms. The summed E-state index contributed by atoms with van der Waals surface area (Å²) in [5.74, 6) is 1.12. The van der Waals surface area contributed by atoms with Gasteiger partial charge in [0.2, 0.25) is 0 Å². The van der Waals surface area contributed by atoms with E-state index in [0.717, 1.165) is 50.4 Å². The summed E-state index contributed by atoms with van der Waals surface area (Å²) in [6.07, 6.45) is 1.80. The van der Waals surface area contributed by atoms with Crippen LogP contribution in [0.5, 0.6) is 0 Å². The van der Waals surface area contributed by atoms with E-state index in [1.165, 1.54) is 17.7 Å². The van der Waals surface area contributed by atoms with E-state index >= 15 is 0 Å². The van der Waals surface area contributed by atoms with Crippen LogP contribution in [0.4, 0.5) is 13.2 Å². The molecule has 156 valence electrons. The van der Waals surface area contributed by atoms with Gasteiger partial charge in [-0.1, -0.05) is 48.5 Å². The molecule has 0 unspecified atom stereocenters. The highest BCUT2D eigenvalue weighted by molar-refractivity contribution is 5.61. The zero-order valence-electron chi connectivity index (χ0n) is 16.9. The fourth-order valence-corrected chi connectivity index (χ4v) is 5.70. The summed E-state index contributed by atoms with van der Waals surface area (Å²) >= 11 is 0. The van der Waals surface area contributed by atoms with E-state index in [9.17, 15) is 13.2 Å². The maximum Gasteiger partial charge on any atom is 0.417 e. The first-order valence-electron chi connectivity index (χ1n) is 10.5. The van der Waals surface area contributed by atoms with Gasteiger partial charge in [-0.25, -0.2) is 0 Å². The third-order valence-electron chi connectivity index (χ3n) is 7.46. The van der Waals surface area contributed by atoms with Crippen molar-refractivity contribution in [2.45, 2.75) is 55.5 Å². The van der Waals surface area contributed by atoms with Crippen molar-refractivity contribution in [1.82, 2.24) is 14.8 Å². The Bertz CT molecular complexity index is 1040. The largest absolute Gasteiger partial charge is 0.417 e. The molecular formula is C24H24F3N3. The SMILES string of the molecule is Cn1c(-c2ccccc2C(F)(F)F)nnc1C12CCC(c3ccccc3)(CC1)CC2. The van der Waals surface area contributed by atoms with Crippen molar-refractivity contribution in [2.75, 3.05) is 0 Å². The Morgan fingerprint density at radius 1 is 0.767 bits per heavy atom. The minimum atomic E-state index is -4.42. The molecule has 0 radical (unpaired) electrons. The molecule has 0 aliphatic heterocycles. The summed E-state index contributed by atoms with van der Waals surface area (Å²) in [6, 6.07) is 16.3. The number of rotatable bonds is 3. The molecule has 3 aliphatic rings.